The standard InChI is InChI=1S/C39H33ClFN3O6/c1-2-21-3-13-26(14-4-21)43-35(46)29-17-16-28-30(33(29)37(43)48)19-31-36(47)44(42-25-11-9-24(41)10-12-25)38(49)39(31,22-5-7-23(40)8-6-22)34(28)32-18-15-27(20-45)50-32/h3-16,18,29-31,33-34,42,45H,2,17,19-20H2,1H3/t29-,30+,31-,33-,34+,39+/m0/s1. The highest BCUT2D eigenvalue weighted by molar-refractivity contribution is 6.30. The van der Waals surface area contributed by atoms with E-state index < -0.39 is 52.6 Å². The van der Waals surface area contributed by atoms with Crippen molar-refractivity contribution in [2.24, 2.45) is 23.7 Å². The summed E-state index contributed by atoms with van der Waals surface area (Å²) in [5.74, 6) is -5.46. The van der Waals surface area contributed by atoms with Crippen LogP contribution in [0.2, 0.25) is 5.02 Å². The molecule has 2 aliphatic heterocycles. The van der Waals surface area contributed by atoms with Gasteiger partial charge < -0.3 is 9.52 Å². The first-order valence-electron chi connectivity index (χ1n) is 16.7. The number of furan rings is 1. The first kappa shape index (κ1) is 32.2. The van der Waals surface area contributed by atoms with Gasteiger partial charge in [0.1, 0.15) is 29.4 Å². The molecule has 9 nitrogen and oxygen atoms in total. The average molecular weight is 694 g/mol. The van der Waals surface area contributed by atoms with Crippen LogP contribution in [0.3, 0.4) is 0 Å². The number of hydrazine groups is 1. The number of carbonyl (C=O) groups is 4. The molecule has 4 aromatic rings. The summed E-state index contributed by atoms with van der Waals surface area (Å²) < 4.78 is 20.0. The topological polar surface area (TPSA) is 120 Å². The fourth-order valence-electron chi connectivity index (χ4n) is 8.73. The third-order valence-corrected chi connectivity index (χ3v) is 11.2. The van der Waals surface area contributed by atoms with Crippen LogP contribution in [0, 0.1) is 29.5 Å². The van der Waals surface area contributed by atoms with E-state index in [2.05, 4.69) is 5.43 Å². The van der Waals surface area contributed by atoms with Crippen molar-refractivity contribution in [1.29, 1.82) is 0 Å². The van der Waals surface area contributed by atoms with E-state index in [9.17, 15) is 23.9 Å². The predicted molar refractivity (Wildman–Crippen MR) is 182 cm³/mol. The Morgan fingerprint density at radius 1 is 0.900 bits per heavy atom. The Bertz CT molecular complexity index is 2060. The third-order valence-electron chi connectivity index (χ3n) is 11.0. The number of halogens is 2. The molecule has 2 saturated heterocycles. The van der Waals surface area contributed by atoms with Crippen molar-refractivity contribution in [2.75, 3.05) is 10.3 Å². The molecule has 2 N–H and O–H groups in total. The lowest BCUT2D eigenvalue weighted by atomic mass is 9.50. The molecule has 50 heavy (non-hydrogen) atoms. The van der Waals surface area contributed by atoms with E-state index in [0.29, 0.717) is 27.7 Å². The van der Waals surface area contributed by atoms with Gasteiger partial charge >= 0.3 is 0 Å². The normalized spacial score (nSPS) is 27.3. The fraction of sp³-hybridized carbons (Fsp3) is 0.282. The number of amides is 4. The van der Waals surface area contributed by atoms with Crippen LogP contribution in [0.5, 0.6) is 0 Å². The second kappa shape index (κ2) is 12.1. The lowest BCUT2D eigenvalue weighted by molar-refractivity contribution is -0.138. The van der Waals surface area contributed by atoms with Crippen LogP contribution in [0.1, 0.15) is 48.3 Å². The molecular formula is C39H33ClFN3O6. The van der Waals surface area contributed by atoms with Gasteiger partial charge in [0.05, 0.1) is 35.0 Å². The summed E-state index contributed by atoms with van der Waals surface area (Å²) >= 11 is 6.33. The number of hydrogen-bond acceptors (Lipinski definition) is 7. The maximum atomic E-state index is 15.1. The van der Waals surface area contributed by atoms with Crippen molar-refractivity contribution in [2.45, 2.75) is 44.1 Å². The van der Waals surface area contributed by atoms with Crippen LogP contribution in [0.15, 0.2) is 101 Å². The number of aliphatic hydroxyl groups is 1. The number of anilines is 2. The Labute approximate surface area is 292 Å². The van der Waals surface area contributed by atoms with Gasteiger partial charge in [0.15, 0.2) is 0 Å². The predicted octanol–water partition coefficient (Wildman–Crippen LogP) is 6.32. The minimum atomic E-state index is -1.56. The number of benzene rings is 3. The Balaban J connectivity index is 1.29. The minimum absolute atomic E-state index is 0.105. The molecule has 254 valence electrons. The summed E-state index contributed by atoms with van der Waals surface area (Å²) in [4.78, 5) is 59.4. The van der Waals surface area contributed by atoms with Crippen molar-refractivity contribution in [3.8, 4) is 0 Å². The Morgan fingerprint density at radius 3 is 2.28 bits per heavy atom. The molecule has 0 unspecified atom stereocenters. The molecule has 0 spiro atoms. The molecule has 1 aromatic heterocycles. The van der Waals surface area contributed by atoms with Crippen molar-refractivity contribution < 1.29 is 33.1 Å². The molecule has 11 heteroatoms. The highest BCUT2D eigenvalue weighted by atomic mass is 35.5. The van der Waals surface area contributed by atoms with Gasteiger partial charge in [-0.25, -0.2) is 4.39 Å². The molecule has 3 heterocycles. The van der Waals surface area contributed by atoms with Crippen LogP contribution >= 0.6 is 11.6 Å². The zero-order chi connectivity index (χ0) is 34.9. The largest absolute Gasteiger partial charge is 0.463 e. The summed E-state index contributed by atoms with van der Waals surface area (Å²) in [6.07, 6.45) is 3.11. The van der Waals surface area contributed by atoms with E-state index in [1.165, 1.54) is 29.2 Å². The van der Waals surface area contributed by atoms with Gasteiger partial charge in [0, 0.05) is 5.02 Å². The summed E-state index contributed by atoms with van der Waals surface area (Å²) in [7, 11) is 0. The number of hydrogen-bond donors (Lipinski definition) is 2. The molecular weight excluding hydrogens is 661 g/mol. The van der Waals surface area contributed by atoms with Crippen LogP contribution in [0.25, 0.3) is 0 Å². The summed E-state index contributed by atoms with van der Waals surface area (Å²) in [6, 6.07) is 22.8. The zero-order valence-electron chi connectivity index (χ0n) is 27.0. The zero-order valence-corrected chi connectivity index (χ0v) is 27.8. The van der Waals surface area contributed by atoms with Gasteiger partial charge in [0.2, 0.25) is 11.8 Å². The van der Waals surface area contributed by atoms with E-state index >= 15 is 4.79 Å². The van der Waals surface area contributed by atoms with E-state index in [1.807, 2.05) is 25.1 Å². The van der Waals surface area contributed by atoms with Crippen molar-refractivity contribution in [3.63, 3.8) is 0 Å². The molecule has 3 aromatic carbocycles. The monoisotopic (exact) mass is 693 g/mol. The van der Waals surface area contributed by atoms with Crippen molar-refractivity contribution in [3.05, 3.63) is 130 Å². The Morgan fingerprint density at radius 2 is 1.62 bits per heavy atom. The summed E-state index contributed by atoms with van der Waals surface area (Å²) in [5, 5.41) is 11.4. The SMILES string of the molecule is CCc1ccc(N2C(=O)[C@H]3[C@H](CC=C4[C@H]3C[C@H]3C(=O)N(Nc5ccc(F)cc5)C(=O)[C@@]3(c3ccc(Cl)cc3)[C@H]4c3ccc(CO)o3)C2=O)cc1. The summed E-state index contributed by atoms with van der Waals surface area (Å²) in [5.41, 5.74) is 4.51. The number of aliphatic hydroxyl groups excluding tert-OH is 1. The van der Waals surface area contributed by atoms with Gasteiger partial charge in [-0.05, 0) is 97.0 Å². The molecule has 1 saturated carbocycles. The maximum Gasteiger partial charge on any atom is 0.260 e. The van der Waals surface area contributed by atoms with Crippen molar-refractivity contribution in [1.82, 2.24) is 5.01 Å². The first-order valence-corrected chi connectivity index (χ1v) is 17.1. The van der Waals surface area contributed by atoms with Crippen LogP contribution in [0.4, 0.5) is 15.8 Å². The average Bonchev–Trinajstić information content (AvgIpc) is 3.77. The van der Waals surface area contributed by atoms with E-state index in [0.717, 1.165) is 22.6 Å². The summed E-state index contributed by atoms with van der Waals surface area (Å²) in [6.45, 7) is 1.64. The fourth-order valence-corrected chi connectivity index (χ4v) is 8.86. The Kier molecular flexibility index (Phi) is 7.76. The smallest absolute Gasteiger partial charge is 0.260 e. The van der Waals surface area contributed by atoms with Gasteiger partial charge in [0.25, 0.3) is 11.8 Å². The number of fused-ring (bicyclic) bond motifs is 4. The number of carbonyl (C=O) groups excluding carboxylic acids is 4. The molecule has 6 atom stereocenters. The van der Waals surface area contributed by atoms with Crippen LogP contribution in [-0.4, -0.2) is 33.7 Å². The van der Waals surface area contributed by atoms with Gasteiger partial charge in [-0.3, -0.25) is 29.5 Å². The van der Waals surface area contributed by atoms with E-state index in [1.54, 1.807) is 48.5 Å². The number of rotatable bonds is 7. The highest BCUT2D eigenvalue weighted by Crippen LogP contribution is 2.64. The van der Waals surface area contributed by atoms with E-state index in [4.69, 9.17) is 16.0 Å². The molecule has 2 aliphatic carbocycles. The molecule has 8 rings (SSSR count). The van der Waals surface area contributed by atoms with Crippen LogP contribution in [-0.2, 0) is 37.6 Å². The first-order chi connectivity index (χ1) is 24.2. The lowest BCUT2D eigenvalue weighted by Crippen LogP contribution is -2.53. The second-order valence-corrected chi connectivity index (χ2v) is 13.8. The van der Waals surface area contributed by atoms with Crippen LogP contribution < -0.4 is 10.3 Å². The third kappa shape index (κ3) is 4.69. The minimum Gasteiger partial charge on any atom is -0.463 e. The highest BCUT2D eigenvalue weighted by Gasteiger charge is 2.71. The second-order valence-electron chi connectivity index (χ2n) is 13.4. The number of imide groups is 2. The molecule has 3 fully saturated rings. The lowest BCUT2D eigenvalue weighted by Gasteiger charge is -2.49. The van der Waals surface area contributed by atoms with Crippen molar-refractivity contribution >= 4 is 46.6 Å². The molecule has 0 radical (unpaired) electrons. The van der Waals surface area contributed by atoms with Gasteiger partial charge in [-0.1, -0.05) is 54.4 Å². The molecule has 0 bridgehead atoms. The van der Waals surface area contributed by atoms with Gasteiger partial charge in [-0.2, -0.15) is 5.01 Å². The Hall–Kier alpha value is -5.06. The number of allylic oxidation sites excluding steroid dienone is 2. The quantitative estimate of drug-likeness (QED) is 0.172. The number of aryl methyl sites for hydroxylation is 1. The van der Waals surface area contributed by atoms with Gasteiger partial charge in [-0.15, -0.1) is 0 Å². The maximum absolute atomic E-state index is 15.1. The number of nitrogens with zero attached hydrogens (tertiary/aromatic N) is 2. The molecule has 4 aliphatic rings. The molecule has 4 amide bonds. The number of nitrogens with one attached hydrogen (secondary N) is 1. The van der Waals surface area contributed by atoms with E-state index in [-0.39, 0.29) is 37.0 Å².